The van der Waals surface area contributed by atoms with E-state index in [0.717, 1.165) is 26.0 Å². The SMILES string of the molecule is CCC(C)(O)c1cn(CC2CCCCO2)nn1. The second kappa shape index (κ2) is 5.14. The summed E-state index contributed by atoms with van der Waals surface area (Å²) in [5.74, 6) is 0. The lowest BCUT2D eigenvalue weighted by Gasteiger charge is -2.22. The summed E-state index contributed by atoms with van der Waals surface area (Å²) in [5.41, 5.74) is -0.248. The number of aromatic nitrogens is 3. The lowest BCUT2D eigenvalue weighted by Crippen LogP contribution is -2.24. The third kappa shape index (κ3) is 3.04. The Hall–Kier alpha value is -0.940. The summed E-state index contributed by atoms with van der Waals surface area (Å²) in [4.78, 5) is 0. The van der Waals surface area contributed by atoms with Crippen molar-refractivity contribution in [3.8, 4) is 0 Å². The van der Waals surface area contributed by atoms with E-state index < -0.39 is 5.60 Å². The molecule has 5 heteroatoms. The van der Waals surface area contributed by atoms with E-state index >= 15 is 0 Å². The lowest BCUT2D eigenvalue weighted by atomic mass is 10.0. The molecule has 1 aliphatic rings. The Morgan fingerprint density at radius 2 is 2.41 bits per heavy atom. The van der Waals surface area contributed by atoms with E-state index in [0.29, 0.717) is 12.1 Å². The second-order valence-electron chi connectivity index (χ2n) is 4.94. The van der Waals surface area contributed by atoms with E-state index in [9.17, 15) is 5.11 Å². The normalized spacial score (nSPS) is 24.5. The van der Waals surface area contributed by atoms with Crippen molar-refractivity contribution in [3.05, 3.63) is 11.9 Å². The van der Waals surface area contributed by atoms with Crippen LogP contribution in [0.25, 0.3) is 0 Å². The Morgan fingerprint density at radius 3 is 3.06 bits per heavy atom. The third-order valence-corrected chi connectivity index (χ3v) is 3.44. The molecule has 2 heterocycles. The van der Waals surface area contributed by atoms with Gasteiger partial charge in [0.05, 0.1) is 18.8 Å². The Morgan fingerprint density at radius 1 is 1.59 bits per heavy atom. The fourth-order valence-corrected chi connectivity index (χ4v) is 1.98. The van der Waals surface area contributed by atoms with E-state index in [2.05, 4.69) is 10.3 Å². The molecule has 0 amide bonds. The molecule has 0 saturated carbocycles. The van der Waals surface area contributed by atoms with Gasteiger partial charge in [-0.1, -0.05) is 12.1 Å². The van der Waals surface area contributed by atoms with Crippen molar-refractivity contribution >= 4 is 0 Å². The molecule has 2 atom stereocenters. The van der Waals surface area contributed by atoms with Crippen molar-refractivity contribution in [1.29, 1.82) is 0 Å². The van der Waals surface area contributed by atoms with Gasteiger partial charge in [0.15, 0.2) is 0 Å². The van der Waals surface area contributed by atoms with Crippen LogP contribution in [0.4, 0.5) is 0 Å². The van der Waals surface area contributed by atoms with E-state index in [1.165, 1.54) is 6.42 Å². The third-order valence-electron chi connectivity index (χ3n) is 3.44. The molecule has 1 aromatic rings. The van der Waals surface area contributed by atoms with Gasteiger partial charge in [0.1, 0.15) is 11.3 Å². The molecule has 2 rings (SSSR count). The van der Waals surface area contributed by atoms with Gasteiger partial charge in [-0.15, -0.1) is 5.10 Å². The Balaban J connectivity index is 1.98. The summed E-state index contributed by atoms with van der Waals surface area (Å²) < 4.78 is 7.43. The molecule has 0 aromatic carbocycles. The topological polar surface area (TPSA) is 60.2 Å². The van der Waals surface area contributed by atoms with Crippen LogP contribution in [0.2, 0.25) is 0 Å². The van der Waals surface area contributed by atoms with Crippen molar-refractivity contribution < 1.29 is 9.84 Å². The van der Waals surface area contributed by atoms with Crippen molar-refractivity contribution in [1.82, 2.24) is 15.0 Å². The zero-order valence-electron chi connectivity index (χ0n) is 10.6. The number of hydrogen-bond acceptors (Lipinski definition) is 4. The Labute approximate surface area is 102 Å². The fourth-order valence-electron chi connectivity index (χ4n) is 1.98. The molecular weight excluding hydrogens is 218 g/mol. The van der Waals surface area contributed by atoms with Gasteiger partial charge in [0.25, 0.3) is 0 Å². The first-order valence-corrected chi connectivity index (χ1v) is 6.36. The molecular formula is C12H21N3O2. The first-order chi connectivity index (χ1) is 8.12. The molecule has 17 heavy (non-hydrogen) atoms. The summed E-state index contributed by atoms with van der Waals surface area (Å²) >= 11 is 0. The first kappa shape index (κ1) is 12.5. The number of nitrogens with zero attached hydrogens (tertiary/aromatic N) is 3. The van der Waals surface area contributed by atoms with Crippen LogP contribution in [0, 0.1) is 0 Å². The summed E-state index contributed by atoms with van der Waals surface area (Å²) in [7, 11) is 0. The highest BCUT2D eigenvalue weighted by Crippen LogP contribution is 2.21. The maximum Gasteiger partial charge on any atom is 0.114 e. The van der Waals surface area contributed by atoms with Gasteiger partial charge in [-0.25, -0.2) is 4.68 Å². The molecule has 1 fully saturated rings. The molecule has 0 bridgehead atoms. The van der Waals surface area contributed by atoms with Crippen LogP contribution in [0.5, 0.6) is 0 Å². The average Bonchev–Trinajstić information content (AvgIpc) is 2.80. The highest BCUT2D eigenvalue weighted by atomic mass is 16.5. The van der Waals surface area contributed by atoms with Crippen molar-refractivity contribution in [2.24, 2.45) is 0 Å². The maximum atomic E-state index is 10.1. The minimum Gasteiger partial charge on any atom is -0.384 e. The number of ether oxygens (including phenoxy) is 1. The van der Waals surface area contributed by atoms with E-state index in [-0.39, 0.29) is 6.10 Å². The molecule has 1 aromatic heterocycles. The molecule has 1 aliphatic heterocycles. The lowest BCUT2D eigenvalue weighted by molar-refractivity contribution is 0.00361. The minimum absolute atomic E-state index is 0.241. The van der Waals surface area contributed by atoms with Gasteiger partial charge in [-0.05, 0) is 32.6 Å². The van der Waals surface area contributed by atoms with Crippen LogP contribution in [0.3, 0.4) is 0 Å². The van der Waals surface area contributed by atoms with Gasteiger partial charge < -0.3 is 9.84 Å². The smallest absolute Gasteiger partial charge is 0.114 e. The molecule has 0 radical (unpaired) electrons. The predicted molar refractivity (Wildman–Crippen MR) is 63.5 cm³/mol. The molecule has 2 unspecified atom stereocenters. The van der Waals surface area contributed by atoms with Crippen LogP contribution >= 0.6 is 0 Å². The van der Waals surface area contributed by atoms with Crippen LogP contribution in [0.15, 0.2) is 6.20 Å². The summed E-state index contributed by atoms with van der Waals surface area (Å²) in [6, 6.07) is 0. The zero-order chi connectivity index (χ0) is 12.3. The molecule has 5 nitrogen and oxygen atoms in total. The van der Waals surface area contributed by atoms with Crippen LogP contribution in [-0.2, 0) is 16.9 Å². The van der Waals surface area contributed by atoms with Gasteiger partial charge in [-0.3, -0.25) is 0 Å². The molecule has 96 valence electrons. The average molecular weight is 239 g/mol. The van der Waals surface area contributed by atoms with Gasteiger partial charge in [0, 0.05) is 6.61 Å². The Kier molecular flexibility index (Phi) is 3.79. The molecule has 0 spiro atoms. The first-order valence-electron chi connectivity index (χ1n) is 6.36. The zero-order valence-corrected chi connectivity index (χ0v) is 10.6. The van der Waals surface area contributed by atoms with Crippen molar-refractivity contribution in [3.63, 3.8) is 0 Å². The summed E-state index contributed by atoms with van der Waals surface area (Å²) in [6.45, 7) is 5.27. The van der Waals surface area contributed by atoms with Crippen LogP contribution in [-0.4, -0.2) is 32.8 Å². The standard InChI is InChI=1S/C12H21N3O2/c1-3-12(2,16)11-9-15(14-13-11)8-10-6-4-5-7-17-10/h9-10,16H,3-8H2,1-2H3. The minimum atomic E-state index is -0.883. The van der Waals surface area contributed by atoms with Crippen molar-refractivity contribution in [2.45, 2.75) is 57.8 Å². The highest BCUT2D eigenvalue weighted by molar-refractivity contribution is 5.04. The Bertz CT molecular complexity index is 356. The van der Waals surface area contributed by atoms with Gasteiger partial charge >= 0.3 is 0 Å². The number of aliphatic hydroxyl groups is 1. The second-order valence-corrected chi connectivity index (χ2v) is 4.94. The quantitative estimate of drug-likeness (QED) is 0.864. The molecule has 0 aliphatic carbocycles. The monoisotopic (exact) mass is 239 g/mol. The predicted octanol–water partition coefficient (Wildman–Crippen LogP) is 1.46. The number of rotatable bonds is 4. The van der Waals surface area contributed by atoms with Crippen molar-refractivity contribution in [2.75, 3.05) is 6.61 Å². The maximum absolute atomic E-state index is 10.1. The van der Waals surface area contributed by atoms with Crippen LogP contribution < -0.4 is 0 Å². The van der Waals surface area contributed by atoms with E-state index in [1.54, 1.807) is 11.6 Å². The van der Waals surface area contributed by atoms with E-state index in [4.69, 9.17) is 4.74 Å². The number of hydrogen-bond donors (Lipinski definition) is 1. The van der Waals surface area contributed by atoms with Gasteiger partial charge in [0.2, 0.25) is 0 Å². The fraction of sp³-hybridized carbons (Fsp3) is 0.833. The highest BCUT2D eigenvalue weighted by Gasteiger charge is 2.25. The van der Waals surface area contributed by atoms with E-state index in [1.807, 2.05) is 13.1 Å². The molecule has 1 saturated heterocycles. The molecule has 1 N–H and O–H groups in total. The van der Waals surface area contributed by atoms with Crippen LogP contribution in [0.1, 0.15) is 45.2 Å². The summed E-state index contributed by atoms with van der Waals surface area (Å²) in [5, 5.41) is 18.1. The largest absolute Gasteiger partial charge is 0.384 e. The summed E-state index contributed by atoms with van der Waals surface area (Å²) in [6.07, 6.45) is 6.15. The van der Waals surface area contributed by atoms with Gasteiger partial charge in [-0.2, -0.15) is 0 Å².